The van der Waals surface area contributed by atoms with E-state index in [4.69, 9.17) is 0 Å². The molecule has 1 aromatic rings. The van der Waals surface area contributed by atoms with Crippen LogP contribution < -0.4 is 0 Å². The summed E-state index contributed by atoms with van der Waals surface area (Å²) < 4.78 is 1.96. The van der Waals surface area contributed by atoms with Crippen molar-refractivity contribution in [3.63, 3.8) is 0 Å². The van der Waals surface area contributed by atoms with Crippen molar-refractivity contribution >= 4 is 6.29 Å². The second kappa shape index (κ2) is 5.28. The summed E-state index contributed by atoms with van der Waals surface area (Å²) in [5.74, 6) is 1.72. The summed E-state index contributed by atoms with van der Waals surface area (Å²) in [6.07, 6.45) is 10.9. The SMILES string of the molecule is CC1CCCC(CCn2cncc2C=O)C1. The van der Waals surface area contributed by atoms with E-state index in [0.717, 1.165) is 24.7 Å². The highest BCUT2D eigenvalue weighted by Crippen LogP contribution is 2.30. The van der Waals surface area contributed by atoms with Crippen LogP contribution in [-0.4, -0.2) is 15.8 Å². The fraction of sp³-hybridized carbons (Fsp3) is 0.692. The van der Waals surface area contributed by atoms with Gasteiger partial charge in [-0.1, -0.05) is 26.2 Å². The number of carbonyl (C=O) groups is 1. The van der Waals surface area contributed by atoms with E-state index in [2.05, 4.69) is 11.9 Å². The van der Waals surface area contributed by atoms with Gasteiger partial charge in [0.25, 0.3) is 0 Å². The minimum absolute atomic E-state index is 0.698. The summed E-state index contributed by atoms with van der Waals surface area (Å²) in [6.45, 7) is 3.28. The van der Waals surface area contributed by atoms with Crippen LogP contribution in [0, 0.1) is 11.8 Å². The van der Waals surface area contributed by atoms with Gasteiger partial charge < -0.3 is 4.57 Å². The van der Waals surface area contributed by atoms with Crippen LogP contribution in [0.4, 0.5) is 0 Å². The first kappa shape index (κ1) is 11.4. The van der Waals surface area contributed by atoms with E-state index in [9.17, 15) is 4.79 Å². The molecule has 2 atom stereocenters. The van der Waals surface area contributed by atoms with Crippen molar-refractivity contribution in [2.75, 3.05) is 0 Å². The molecular formula is C13H20N2O. The predicted molar refractivity (Wildman–Crippen MR) is 63.4 cm³/mol. The summed E-state index contributed by atoms with van der Waals surface area (Å²) in [6, 6.07) is 0. The standard InChI is InChI=1S/C13H20N2O/c1-11-3-2-4-12(7-11)5-6-15-10-14-8-13(15)9-16/h8-12H,2-7H2,1H3. The Bertz CT molecular complexity index is 345. The van der Waals surface area contributed by atoms with Gasteiger partial charge in [-0.2, -0.15) is 0 Å². The average molecular weight is 220 g/mol. The number of aldehydes is 1. The summed E-state index contributed by atoms with van der Waals surface area (Å²) in [5, 5.41) is 0. The van der Waals surface area contributed by atoms with E-state index in [1.165, 1.54) is 32.1 Å². The van der Waals surface area contributed by atoms with Gasteiger partial charge in [0.1, 0.15) is 5.69 Å². The molecule has 3 heteroatoms. The quantitative estimate of drug-likeness (QED) is 0.731. The Labute approximate surface area is 96.9 Å². The third-order valence-electron chi connectivity index (χ3n) is 3.69. The molecule has 0 N–H and O–H groups in total. The van der Waals surface area contributed by atoms with Gasteiger partial charge in [0.15, 0.2) is 6.29 Å². The number of hydrogen-bond donors (Lipinski definition) is 0. The van der Waals surface area contributed by atoms with E-state index in [0.29, 0.717) is 5.69 Å². The molecule has 0 aromatic carbocycles. The lowest BCUT2D eigenvalue weighted by Crippen LogP contribution is -2.15. The number of aryl methyl sites for hydroxylation is 1. The number of nitrogens with zero attached hydrogens (tertiary/aromatic N) is 2. The van der Waals surface area contributed by atoms with Gasteiger partial charge in [0.05, 0.1) is 12.5 Å². The third-order valence-corrected chi connectivity index (χ3v) is 3.69. The van der Waals surface area contributed by atoms with Crippen molar-refractivity contribution < 1.29 is 4.79 Å². The smallest absolute Gasteiger partial charge is 0.168 e. The molecule has 3 nitrogen and oxygen atoms in total. The van der Waals surface area contributed by atoms with Gasteiger partial charge in [-0.05, 0) is 24.7 Å². The monoisotopic (exact) mass is 220 g/mol. The highest BCUT2D eigenvalue weighted by Gasteiger charge is 2.18. The zero-order valence-electron chi connectivity index (χ0n) is 9.93. The van der Waals surface area contributed by atoms with Crippen LogP contribution in [0.15, 0.2) is 12.5 Å². The van der Waals surface area contributed by atoms with Crippen molar-refractivity contribution in [3.8, 4) is 0 Å². The van der Waals surface area contributed by atoms with Crippen LogP contribution in [0.25, 0.3) is 0 Å². The molecular weight excluding hydrogens is 200 g/mol. The Morgan fingerprint density at radius 2 is 2.44 bits per heavy atom. The van der Waals surface area contributed by atoms with Crippen molar-refractivity contribution in [3.05, 3.63) is 18.2 Å². The van der Waals surface area contributed by atoms with Crippen LogP contribution in [0.1, 0.15) is 49.5 Å². The lowest BCUT2D eigenvalue weighted by Gasteiger charge is -2.26. The van der Waals surface area contributed by atoms with E-state index < -0.39 is 0 Å². The average Bonchev–Trinajstić information content (AvgIpc) is 2.74. The second-order valence-corrected chi connectivity index (χ2v) is 5.06. The van der Waals surface area contributed by atoms with Gasteiger partial charge in [0.2, 0.25) is 0 Å². The molecule has 88 valence electrons. The molecule has 1 saturated carbocycles. The van der Waals surface area contributed by atoms with E-state index >= 15 is 0 Å². The van der Waals surface area contributed by atoms with Crippen LogP contribution in [-0.2, 0) is 6.54 Å². The number of hydrogen-bond acceptors (Lipinski definition) is 2. The summed E-state index contributed by atoms with van der Waals surface area (Å²) in [4.78, 5) is 14.7. The molecule has 1 aliphatic rings. The molecule has 1 aromatic heterocycles. The number of carbonyl (C=O) groups excluding carboxylic acids is 1. The number of rotatable bonds is 4. The van der Waals surface area contributed by atoms with Gasteiger partial charge in [0, 0.05) is 6.54 Å². The lowest BCUT2D eigenvalue weighted by molar-refractivity contribution is 0.111. The Morgan fingerprint density at radius 1 is 1.56 bits per heavy atom. The van der Waals surface area contributed by atoms with Crippen molar-refractivity contribution in [2.24, 2.45) is 11.8 Å². The Hall–Kier alpha value is -1.12. The molecule has 2 rings (SSSR count). The first-order valence-electron chi connectivity index (χ1n) is 6.25. The zero-order chi connectivity index (χ0) is 11.4. The van der Waals surface area contributed by atoms with Crippen LogP contribution >= 0.6 is 0 Å². The molecule has 1 heterocycles. The molecule has 1 aliphatic carbocycles. The van der Waals surface area contributed by atoms with Crippen molar-refractivity contribution in [2.45, 2.75) is 45.6 Å². The first-order valence-corrected chi connectivity index (χ1v) is 6.25. The Kier molecular flexibility index (Phi) is 3.75. The molecule has 0 bridgehead atoms. The van der Waals surface area contributed by atoms with Gasteiger partial charge in [-0.15, -0.1) is 0 Å². The predicted octanol–water partition coefficient (Wildman–Crippen LogP) is 2.91. The maximum Gasteiger partial charge on any atom is 0.168 e. The highest BCUT2D eigenvalue weighted by molar-refractivity contribution is 5.71. The molecule has 0 radical (unpaired) electrons. The maximum absolute atomic E-state index is 10.7. The molecule has 0 saturated heterocycles. The molecule has 0 aliphatic heterocycles. The lowest BCUT2D eigenvalue weighted by atomic mass is 9.81. The molecule has 1 fully saturated rings. The third kappa shape index (κ3) is 2.71. The van der Waals surface area contributed by atoms with E-state index in [1.807, 2.05) is 4.57 Å². The number of aromatic nitrogens is 2. The fourth-order valence-electron chi connectivity index (χ4n) is 2.76. The normalized spacial score (nSPS) is 25.6. The molecule has 16 heavy (non-hydrogen) atoms. The van der Waals surface area contributed by atoms with Gasteiger partial charge in [-0.3, -0.25) is 4.79 Å². The topological polar surface area (TPSA) is 34.9 Å². The zero-order valence-corrected chi connectivity index (χ0v) is 9.93. The van der Waals surface area contributed by atoms with Crippen LogP contribution in [0.3, 0.4) is 0 Å². The maximum atomic E-state index is 10.7. The summed E-state index contributed by atoms with van der Waals surface area (Å²) in [7, 11) is 0. The van der Waals surface area contributed by atoms with Gasteiger partial charge >= 0.3 is 0 Å². The Morgan fingerprint density at radius 3 is 3.19 bits per heavy atom. The second-order valence-electron chi connectivity index (χ2n) is 5.06. The van der Waals surface area contributed by atoms with Crippen molar-refractivity contribution in [1.29, 1.82) is 0 Å². The molecule has 0 amide bonds. The Balaban J connectivity index is 1.84. The number of imidazole rings is 1. The highest BCUT2D eigenvalue weighted by atomic mass is 16.1. The van der Waals surface area contributed by atoms with Crippen molar-refractivity contribution in [1.82, 2.24) is 9.55 Å². The van der Waals surface area contributed by atoms with Crippen LogP contribution in [0.2, 0.25) is 0 Å². The van der Waals surface area contributed by atoms with Gasteiger partial charge in [-0.25, -0.2) is 4.98 Å². The summed E-state index contributed by atoms with van der Waals surface area (Å²) >= 11 is 0. The first-order chi connectivity index (χ1) is 7.79. The largest absolute Gasteiger partial charge is 0.328 e. The summed E-state index contributed by atoms with van der Waals surface area (Å²) in [5.41, 5.74) is 0.698. The van der Waals surface area contributed by atoms with E-state index in [1.54, 1.807) is 12.5 Å². The molecule has 0 spiro atoms. The minimum atomic E-state index is 0.698. The van der Waals surface area contributed by atoms with E-state index in [-0.39, 0.29) is 0 Å². The van der Waals surface area contributed by atoms with Crippen LogP contribution in [0.5, 0.6) is 0 Å². The molecule has 2 unspecified atom stereocenters. The minimum Gasteiger partial charge on any atom is -0.328 e. The fourth-order valence-corrected chi connectivity index (χ4v) is 2.76.